The second kappa shape index (κ2) is 5.82. The van der Waals surface area contributed by atoms with Crippen molar-refractivity contribution in [2.75, 3.05) is 18.9 Å². The van der Waals surface area contributed by atoms with Gasteiger partial charge in [-0.1, -0.05) is 6.92 Å². The summed E-state index contributed by atoms with van der Waals surface area (Å²) in [7, 11) is -3.59. The number of benzene rings is 1. The molecule has 1 aromatic heterocycles. The van der Waals surface area contributed by atoms with Gasteiger partial charge in [0.25, 0.3) is 0 Å². The zero-order chi connectivity index (χ0) is 14.8. The Morgan fingerprint density at radius 3 is 2.90 bits per heavy atom. The highest BCUT2D eigenvalue weighted by Crippen LogP contribution is 2.24. The van der Waals surface area contributed by atoms with Crippen LogP contribution in [0.2, 0.25) is 0 Å². The summed E-state index contributed by atoms with van der Waals surface area (Å²) >= 11 is 0. The minimum Gasteiger partial charge on any atom is -0.399 e. The number of nitrogens with one attached hydrogen (secondary N) is 2. The summed E-state index contributed by atoms with van der Waals surface area (Å²) < 4.78 is 27.1. The summed E-state index contributed by atoms with van der Waals surface area (Å²) in [5, 5.41) is 9.40. The molecule has 0 radical (unpaired) electrons. The largest absolute Gasteiger partial charge is 0.399 e. The minimum atomic E-state index is -3.59. The van der Waals surface area contributed by atoms with Gasteiger partial charge in [-0.3, -0.25) is 0 Å². The molecule has 0 amide bonds. The highest BCUT2D eigenvalue weighted by atomic mass is 32.2. The summed E-state index contributed by atoms with van der Waals surface area (Å²) in [4.78, 5) is 3.11. The lowest BCUT2D eigenvalue weighted by Crippen LogP contribution is -2.28. The van der Waals surface area contributed by atoms with Gasteiger partial charge in [-0.2, -0.15) is 0 Å². The monoisotopic (exact) mass is 297 g/mol. The van der Waals surface area contributed by atoms with E-state index >= 15 is 0 Å². The van der Waals surface area contributed by atoms with Gasteiger partial charge in [0.15, 0.2) is 0 Å². The van der Waals surface area contributed by atoms with Crippen LogP contribution < -0.4 is 10.5 Å². The van der Waals surface area contributed by atoms with E-state index in [-0.39, 0.29) is 24.0 Å². The van der Waals surface area contributed by atoms with Crippen molar-refractivity contribution in [1.82, 2.24) is 9.71 Å². The van der Waals surface area contributed by atoms with Crippen molar-refractivity contribution < 1.29 is 13.5 Å². The average Bonchev–Trinajstić information content (AvgIpc) is 2.80. The van der Waals surface area contributed by atoms with E-state index in [0.29, 0.717) is 17.5 Å². The highest BCUT2D eigenvalue weighted by Gasteiger charge is 2.19. The molecule has 7 heteroatoms. The number of rotatable bonds is 6. The van der Waals surface area contributed by atoms with Crippen molar-refractivity contribution in [2.45, 2.75) is 18.2 Å². The molecule has 5 N–H and O–H groups in total. The Labute approximate surface area is 118 Å². The fraction of sp³-hybridized carbons (Fsp3) is 0.385. The molecule has 0 bridgehead atoms. The molecule has 0 aliphatic rings. The maximum absolute atomic E-state index is 12.3. The van der Waals surface area contributed by atoms with Gasteiger partial charge in [-0.05, 0) is 30.5 Å². The number of aromatic amines is 1. The molecular formula is C13H19N3O3S. The molecule has 0 aliphatic heterocycles. The van der Waals surface area contributed by atoms with Crippen LogP contribution >= 0.6 is 0 Å². The fourth-order valence-corrected chi connectivity index (χ4v) is 3.32. The van der Waals surface area contributed by atoms with Gasteiger partial charge in [0.05, 0.1) is 0 Å². The van der Waals surface area contributed by atoms with E-state index in [4.69, 9.17) is 10.8 Å². The maximum Gasteiger partial charge on any atom is 0.242 e. The maximum atomic E-state index is 12.3. The molecular weight excluding hydrogens is 278 g/mol. The molecule has 1 unspecified atom stereocenters. The number of nitrogens with two attached hydrogens (primary N) is 1. The third-order valence-corrected chi connectivity index (χ3v) is 4.66. The molecule has 0 spiro atoms. The van der Waals surface area contributed by atoms with Crippen molar-refractivity contribution in [3.8, 4) is 0 Å². The van der Waals surface area contributed by atoms with Gasteiger partial charge in [-0.15, -0.1) is 0 Å². The molecule has 0 fully saturated rings. The van der Waals surface area contributed by atoms with Crippen LogP contribution in [-0.2, 0) is 10.0 Å². The Hall–Kier alpha value is -1.57. The number of fused-ring (bicyclic) bond motifs is 1. The van der Waals surface area contributed by atoms with Crippen LogP contribution in [0.1, 0.15) is 13.3 Å². The first-order chi connectivity index (χ1) is 9.44. The normalized spacial score (nSPS) is 13.7. The number of aromatic nitrogens is 1. The zero-order valence-corrected chi connectivity index (χ0v) is 12.1. The third-order valence-electron chi connectivity index (χ3n) is 3.20. The molecule has 0 saturated heterocycles. The number of aliphatic hydroxyl groups is 1. The van der Waals surface area contributed by atoms with Gasteiger partial charge >= 0.3 is 0 Å². The SMILES string of the molecule is CC(CCO)CNS(=O)(=O)c1c[nH]c2ccc(N)cc12. The Balaban J connectivity index is 2.25. The lowest BCUT2D eigenvalue weighted by molar-refractivity contribution is 0.263. The summed E-state index contributed by atoms with van der Waals surface area (Å²) in [6.07, 6.45) is 2.02. The third kappa shape index (κ3) is 3.12. The van der Waals surface area contributed by atoms with Crippen LogP contribution in [0.3, 0.4) is 0 Å². The quantitative estimate of drug-likeness (QED) is 0.597. The molecule has 1 heterocycles. The summed E-state index contributed by atoms with van der Waals surface area (Å²) in [5.41, 5.74) is 6.94. The van der Waals surface area contributed by atoms with E-state index in [9.17, 15) is 8.42 Å². The first-order valence-electron chi connectivity index (χ1n) is 6.41. The second-order valence-corrected chi connectivity index (χ2v) is 6.66. The van der Waals surface area contributed by atoms with E-state index in [0.717, 1.165) is 5.52 Å². The van der Waals surface area contributed by atoms with Crippen molar-refractivity contribution in [2.24, 2.45) is 5.92 Å². The first kappa shape index (κ1) is 14.8. The Morgan fingerprint density at radius 2 is 2.20 bits per heavy atom. The lowest BCUT2D eigenvalue weighted by atomic mass is 10.1. The molecule has 2 aromatic rings. The topological polar surface area (TPSA) is 108 Å². The Morgan fingerprint density at radius 1 is 1.45 bits per heavy atom. The van der Waals surface area contributed by atoms with E-state index < -0.39 is 10.0 Å². The first-order valence-corrected chi connectivity index (χ1v) is 7.89. The van der Waals surface area contributed by atoms with Crippen molar-refractivity contribution in [3.63, 3.8) is 0 Å². The van der Waals surface area contributed by atoms with Gasteiger partial charge in [0, 0.05) is 35.9 Å². The van der Waals surface area contributed by atoms with Crippen molar-refractivity contribution in [1.29, 1.82) is 0 Å². The fourth-order valence-electron chi connectivity index (χ4n) is 1.99. The van der Waals surface area contributed by atoms with E-state index in [1.165, 1.54) is 6.20 Å². The lowest BCUT2D eigenvalue weighted by Gasteiger charge is -2.11. The van der Waals surface area contributed by atoms with Gasteiger partial charge in [0.2, 0.25) is 10.0 Å². The van der Waals surface area contributed by atoms with Gasteiger partial charge in [-0.25, -0.2) is 13.1 Å². The summed E-state index contributed by atoms with van der Waals surface area (Å²) in [6.45, 7) is 2.22. The molecule has 2 rings (SSSR count). The number of aliphatic hydroxyl groups excluding tert-OH is 1. The molecule has 6 nitrogen and oxygen atoms in total. The number of H-pyrrole nitrogens is 1. The number of sulfonamides is 1. The summed E-state index contributed by atoms with van der Waals surface area (Å²) in [5.74, 6) is 0.0741. The van der Waals surface area contributed by atoms with Crippen LogP contribution in [-0.4, -0.2) is 31.7 Å². The van der Waals surface area contributed by atoms with Crippen LogP contribution in [0, 0.1) is 5.92 Å². The van der Waals surface area contributed by atoms with Gasteiger partial charge in [0.1, 0.15) is 4.90 Å². The molecule has 1 atom stereocenters. The second-order valence-electron chi connectivity index (χ2n) is 4.93. The zero-order valence-electron chi connectivity index (χ0n) is 11.3. The molecule has 110 valence electrons. The van der Waals surface area contributed by atoms with Crippen molar-refractivity contribution >= 4 is 26.6 Å². The molecule has 1 aromatic carbocycles. The smallest absolute Gasteiger partial charge is 0.242 e. The van der Waals surface area contributed by atoms with Crippen LogP contribution in [0.15, 0.2) is 29.3 Å². The van der Waals surface area contributed by atoms with E-state index in [2.05, 4.69) is 9.71 Å². The van der Waals surface area contributed by atoms with E-state index in [1.54, 1.807) is 18.2 Å². The summed E-state index contributed by atoms with van der Waals surface area (Å²) in [6, 6.07) is 5.10. The highest BCUT2D eigenvalue weighted by molar-refractivity contribution is 7.89. The molecule has 0 aliphatic carbocycles. The van der Waals surface area contributed by atoms with E-state index in [1.807, 2.05) is 6.92 Å². The predicted octanol–water partition coefficient (Wildman–Crippen LogP) is 1.05. The molecule has 20 heavy (non-hydrogen) atoms. The number of nitrogen functional groups attached to an aromatic ring is 1. The van der Waals surface area contributed by atoms with Crippen molar-refractivity contribution in [3.05, 3.63) is 24.4 Å². The standard InChI is InChI=1S/C13H19N3O3S/c1-9(4-5-17)7-16-20(18,19)13-8-15-12-3-2-10(14)6-11(12)13/h2-3,6,8-9,15-17H,4-5,7,14H2,1H3. The number of anilines is 1. The molecule has 0 saturated carbocycles. The average molecular weight is 297 g/mol. The van der Waals surface area contributed by atoms with Gasteiger partial charge < -0.3 is 15.8 Å². The number of hydrogen-bond acceptors (Lipinski definition) is 4. The predicted molar refractivity (Wildman–Crippen MR) is 78.8 cm³/mol. The van der Waals surface area contributed by atoms with Crippen LogP contribution in [0.25, 0.3) is 10.9 Å². The Kier molecular flexibility index (Phi) is 4.32. The Bertz CT molecular complexity index is 694. The van der Waals surface area contributed by atoms with Crippen LogP contribution in [0.4, 0.5) is 5.69 Å². The number of hydrogen-bond donors (Lipinski definition) is 4. The minimum absolute atomic E-state index is 0.0481. The van der Waals surface area contributed by atoms with Crippen LogP contribution in [0.5, 0.6) is 0 Å².